The summed E-state index contributed by atoms with van der Waals surface area (Å²) < 4.78 is 15.9. The smallest absolute Gasteiger partial charge is 0.324 e. The van der Waals surface area contributed by atoms with Gasteiger partial charge >= 0.3 is 11.9 Å². The molecule has 0 aliphatic rings. The van der Waals surface area contributed by atoms with Gasteiger partial charge in [0.15, 0.2) is 0 Å². The van der Waals surface area contributed by atoms with Crippen LogP contribution in [0, 0.1) is 0 Å². The molecule has 0 heterocycles. The molecule has 0 amide bonds. The lowest BCUT2D eigenvalue weighted by atomic mass is 10.1. The summed E-state index contributed by atoms with van der Waals surface area (Å²) in [6.07, 6.45) is -0.0949. The van der Waals surface area contributed by atoms with Gasteiger partial charge in [0, 0.05) is 6.54 Å². The number of benzene rings is 1. The van der Waals surface area contributed by atoms with Crippen LogP contribution in [0.15, 0.2) is 24.3 Å². The Morgan fingerprint density at radius 2 is 1.48 bits per heavy atom. The third-order valence-corrected chi connectivity index (χ3v) is 3.19. The minimum Gasteiger partial charge on any atom is -0.497 e. The van der Waals surface area contributed by atoms with Crippen molar-refractivity contribution >= 4 is 24.3 Å². The van der Waals surface area contributed by atoms with Crippen LogP contribution in [0.2, 0.25) is 0 Å². The van der Waals surface area contributed by atoms with E-state index < -0.39 is 29.2 Å². The van der Waals surface area contributed by atoms with Crippen LogP contribution in [0.5, 0.6) is 5.75 Å². The van der Waals surface area contributed by atoms with Gasteiger partial charge < -0.3 is 14.2 Å². The first-order chi connectivity index (χ1) is 11.9. The molecule has 0 spiro atoms. The molecule has 7 heteroatoms. The third kappa shape index (κ3) is 10.8. The number of methoxy groups -OCH3 is 1. The van der Waals surface area contributed by atoms with Crippen LogP contribution < -0.4 is 10.1 Å². The standard InChI is InChI=1S/C20H31NO5.ClH/c1-19(2,3)25-17(22)12-16(18(23)26-20(4,5)6)21-13-14-8-10-15(24-7)11-9-14;/h8-11,16,21H,12-13H2,1-7H3;1H/t16-;/m0./s1. The predicted octanol–water partition coefficient (Wildman–Crippen LogP) is 3.65. The van der Waals surface area contributed by atoms with E-state index in [9.17, 15) is 9.59 Å². The predicted molar refractivity (Wildman–Crippen MR) is 107 cm³/mol. The molecule has 0 bridgehead atoms. The van der Waals surface area contributed by atoms with Crippen LogP contribution in [0.25, 0.3) is 0 Å². The number of carbonyl (C=O) groups is 2. The first-order valence-corrected chi connectivity index (χ1v) is 8.70. The number of hydrogen-bond donors (Lipinski definition) is 1. The monoisotopic (exact) mass is 401 g/mol. The molecule has 1 aromatic carbocycles. The molecule has 0 radical (unpaired) electrons. The van der Waals surface area contributed by atoms with E-state index in [1.54, 1.807) is 48.7 Å². The first-order valence-electron chi connectivity index (χ1n) is 8.70. The van der Waals surface area contributed by atoms with Gasteiger partial charge in [-0.3, -0.25) is 14.9 Å². The van der Waals surface area contributed by atoms with Gasteiger partial charge in [0.1, 0.15) is 23.0 Å². The molecular formula is C20H32ClNO5. The second-order valence-electron chi connectivity index (χ2n) is 8.11. The van der Waals surface area contributed by atoms with E-state index in [0.717, 1.165) is 11.3 Å². The Balaban J connectivity index is 0.00000676. The zero-order valence-electron chi connectivity index (χ0n) is 17.3. The van der Waals surface area contributed by atoms with Crippen LogP contribution in [-0.2, 0) is 25.6 Å². The lowest BCUT2D eigenvalue weighted by Gasteiger charge is -2.26. The van der Waals surface area contributed by atoms with Gasteiger partial charge in [0.2, 0.25) is 0 Å². The third-order valence-electron chi connectivity index (χ3n) is 3.19. The van der Waals surface area contributed by atoms with Gasteiger partial charge in [0.05, 0.1) is 13.5 Å². The number of hydrogen-bond acceptors (Lipinski definition) is 6. The molecule has 1 N–H and O–H groups in total. The van der Waals surface area contributed by atoms with Gasteiger partial charge in [0.25, 0.3) is 0 Å². The van der Waals surface area contributed by atoms with Gasteiger partial charge in [-0.1, -0.05) is 12.1 Å². The van der Waals surface area contributed by atoms with E-state index in [-0.39, 0.29) is 18.8 Å². The van der Waals surface area contributed by atoms with Crippen molar-refractivity contribution in [2.75, 3.05) is 7.11 Å². The summed E-state index contributed by atoms with van der Waals surface area (Å²) in [5.41, 5.74) is -0.278. The zero-order valence-corrected chi connectivity index (χ0v) is 18.1. The maximum absolute atomic E-state index is 12.5. The van der Waals surface area contributed by atoms with Crippen molar-refractivity contribution in [3.63, 3.8) is 0 Å². The molecule has 0 unspecified atom stereocenters. The molecular weight excluding hydrogens is 370 g/mol. The molecule has 0 fully saturated rings. The van der Waals surface area contributed by atoms with E-state index >= 15 is 0 Å². The lowest BCUT2D eigenvalue weighted by Crippen LogP contribution is -2.43. The number of esters is 2. The highest BCUT2D eigenvalue weighted by Gasteiger charge is 2.29. The fourth-order valence-corrected chi connectivity index (χ4v) is 2.15. The molecule has 1 atom stereocenters. The zero-order chi connectivity index (χ0) is 20.0. The van der Waals surface area contributed by atoms with Crippen molar-refractivity contribution in [1.82, 2.24) is 5.32 Å². The molecule has 1 rings (SSSR count). The van der Waals surface area contributed by atoms with E-state index in [0.29, 0.717) is 6.54 Å². The molecule has 0 aliphatic heterocycles. The Morgan fingerprint density at radius 1 is 0.963 bits per heavy atom. The van der Waals surface area contributed by atoms with E-state index in [2.05, 4.69) is 5.32 Å². The molecule has 1 aromatic rings. The summed E-state index contributed by atoms with van der Waals surface area (Å²) in [4.78, 5) is 24.6. The average Bonchev–Trinajstić information content (AvgIpc) is 2.48. The summed E-state index contributed by atoms with van der Waals surface area (Å²) in [6.45, 7) is 11.2. The van der Waals surface area contributed by atoms with E-state index in [1.807, 2.05) is 24.3 Å². The van der Waals surface area contributed by atoms with Crippen LogP contribution in [0.1, 0.15) is 53.5 Å². The van der Waals surface area contributed by atoms with Gasteiger partial charge in [-0.05, 0) is 59.2 Å². The minimum absolute atomic E-state index is 0. The van der Waals surface area contributed by atoms with E-state index in [1.165, 1.54) is 0 Å². The maximum atomic E-state index is 12.5. The van der Waals surface area contributed by atoms with Crippen LogP contribution in [0.4, 0.5) is 0 Å². The van der Waals surface area contributed by atoms with Crippen molar-refractivity contribution in [2.45, 2.75) is 71.8 Å². The number of rotatable bonds is 7. The molecule has 0 saturated carbocycles. The van der Waals surface area contributed by atoms with Gasteiger partial charge in [-0.25, -0.2) is 0 Å². The minimum atomic E-state index is -0.786. The topological polar surface area (TPSA) is 73.9 Å². The molecule has 6 nitrogen and oxygen atoms in total. The molecule has 0 aromatic heterocycles. The van der Waals surface area contributed by atoms with Crippen LogP contribution in [-0.4, -0.2) is 36.3 Å². The summed E-state index contributed by atoms with van der Waals surface area (Å²) in [5, 5.41) is 3.10. The quantitative estimate of drug-likeness (QED) is 0.703. The number of halogens is 1. The normalized spacial score (nSPS) is 12.6. The Hall–Kier alpha value is -1.79. The second-order valence-corrected chi connectivity index (χ2v) is 8.11. The Kier molecular flexibility index (Phi) is 9.82. The largest absolute Gasteiger partial charge is 0.497 e. The fraction of sp³-hybridized carbons (Fsp3) is 0.600. The maximum Gasteiger partial charge on any atom is 0.324 e. The highest BCUT2D eigenvalue weighted by atomic mass is 35.5. The highest BCUT2D eigenvalue weighted by molar-refractivity contribution is 5.85. The SMILES string of the molecule is COc1ccc(CN[C@@H](CC(=O)OC(C)(C)C)C(=O)OC(C)(C)C)cc1.Cl. The van der Waals surface area contributed by atoms with Gasteiger partial charge in [-0.15, -0.1) is 12.4 Å². The number of nitrogens with one attached hydrogen (secondary N) is 1. The Labute approximate surface area is 168 Å². The second kappa shape index (κ2) is 10.5. The summed E-state index contributed by atoms with van der Waals surface area (Å²) in [7, 11) is 1.60. The molecule has 0 aliphatic carbocycles. The lowest BCUT2D eigenvalue weighted by molar-refractivity contribution is -0.164. The summed E-state index contributed by atoms with van der Waals surface area (Å²) in [6, 6.07) is 6.68. The fourth-order valence-electron chi connectivity index (χ4n) is 2.15. The summed E-state index contributed by atoms with van der Waals surface area (Å²) in [5.74, 6) is -0.168. The Morgan fingerprint density at radius 3 is 1.93 bits per heavy atom. The molecule has 27 heavy (non-hydrogen) atoms. The van der Waals surface area contributed by atoms with Crippen molar-refractivity contribution in [3.05, 3.63) is 29.8 Å². The molecule has 0 saturated heterocycles. The average molecular weight is 402 g/mol. The van der Waals surface area contributed by atoms with Crippen molar-refractivity contribution in [1.29, 1.82) is 0 Å². The number of ether oxygens (including phenoxy) is 3. The Bertz CT molecular complexity index is 602. The van der Waals surface area contributed by atoms with Crippen LogP contribution in [0.3, 0.4) is 0 Å². The van der Waals surface area contributed by atoms with Gasteiger partial charge in [-0.2, -0.15) is 0 Å². The highest BCUT2D eigenvalue weighted by Crippen LogP contribution is 2.15. The van der Waals surface area contributed by atoms with Crippen LogP contribution >= 0.6 is 12.4 Å². The van der Waals surface area contributed by atoms with Crippen molar-refractivity contribution in [2.24, 2.45) is 0 Å². The first kappa shape index (κ1) is 25.2. The molecule has 154 valence electrons. The number of carbonyl (C=O) groups excluding carboxylic acids is 2. The summed E-state index contributed by atoms with van der Waals surface area (Å²) >= 11 is 0. The van der Waals surface area contributed by atoms with E-state index in [4.69, 9.17) is 14.2 Å². The van der Waals surface area contributed by atoms with Crippen molar-refractivity contribution < 1.29 is 23.8 Å². The van der Waals surface area contributed by atoms with Crippen molar-refractivity contribution in [3.8, 4) is 5.75 Å².